The Kier molecular flexibility index (Phi) is 6.03. The van der Waals surface area contributed by atoms with Crippen LogP contribution in [0.1, 0.15) is 28.7 Å². The predicted molar refractivity (Wildman–Crippen MR) is 99.6 cm³/mol. The van der Waals surface area contributed by atoms with Crippen LogP contribution >= 0.6 is 12.2 Å². The monoisotopic (exact) mass is 390 g/mol. The van der Waals surface area contributed by atoms with Crippen molar-refractivity contribution in [1.29, 1.82) is 0 Å². The topological polar surface area (TPSA) is 153 Å². The Morgan fingerprint density at radius 2 is 1.70 bits per heavy atom. The summed E-state index contributed by atoms with van der Waals surface area (Å²) >= 11 is 5.01. The fourth-order valence-corrected chi connectivity index (χ4v) is 2.30. The quantitative estimate of drug-likeness (QED) is 0.444. The molecule has 27 heavy (non-hydrogen) atoms. The van der Waals surface area contributed by atoms with Crippen molar-refractivity contribution in [2.45, 2.75) is 20.3 Å². The second kappa shape index (κ2) is 8.23. The van der Waals surface area contributed by atoms with Gasteiger partial charge in [0, 0.05) is 23.5 Å². The molecule has 2 aromatic rings. The van der Waals surface area contributed by atoms with Gasteiger partial charge < -0.3 is 5.32 Å². The minimum Gasteiger partial charge on any atom is -0.301 e. The number of non-ortho nitro benzene ring substituents is 2. The number of hydrogen-bond donors (Lipinski definition) is 2. The number of anilines is 1. The number of carbonyl (C=O) groups is 1. The van der Waals surface area contributed by atoms with Gasteiger partial charge in [-0.3, -0.25) is 30.3 Å². The van der Waals surface area contributed by atoms with Crippen LogP contribution in [0.5, 0.6) is 0 Å². The first kappa shape index (κ1) is 19.8. The maximum absolute atomic E-state index is 12.3. The minimum absolute atomic E-state index is 0.151. The first-order valence-electron chi connectivity index (χ1n) is 7.60. The first-order valence-corrected chi connectivity index (χ1v) is 8.01. The molecule has 12 heteroatoms. The highest BCUT2D eigenvalue weighted by molar-refractivity contribution is 7.80. The van der Waals surface area contributed by atoms with Crippen LogP contribution in [0.2, 0.25) is 0 Å². The molecule has 11 nitrogen and oxygen atoms in total. The summed E-state index contributed by atoms with van der Waals surface area (Å²) in [5.74, 6) is -0.662. The van der Waals surface area contributed by atoms with Crippen molar-refractivity contribution in [3.8, 4) is 0 Å². The number of benzene rings is 1. The molecule has 0 unspecified atom stereocenters. The summed E-state index contributed by atoms with van der Waals surface area (Å²) in [6.45, 7) is 3.69. The van der Waals surface area contributed by atoms with E-state index in [4.69, 9.17) is 12.2 Å². The van der Waals surface area contributed by atoms with Gasteiger partial charge in [-0.25, -0.2) is 9.97 Å². The van der Waals surface area contributed by atoms with E-state index < -0.39 is 27.1 Å². The molecule has 0 radical (unpaired) electrons. The van der Waals surface area contributed by atoms with E-state index in [0.717, 1.165) is 23.9 Å². The van der Waals surface area contributed by atoms with Crippen molar-refractivity contribution >= 4 is 40.6 Å². The number of aromatic nitrogens is 2. The first-order chi connectivity index (χ1) is 12.7. The van der Waals surface area contributed by atoms with E-state index in [-0.39, 0.29) is 16.6 Å². The van der Waals surface area contributed by atoms with Crippen molar-refractivity contribution < 1.29 is 14.6 Å². The van der Waals surface area contributed by atoms with E-state index in [2.05, 4.69) is 20.6 Å². The lowest BCUT2D eigenvalue weighted by Crippen LogP contribution is -2.34. The van der Waals surface area contributed by atoms with Crippen LogP contribution < -0.4 is 10.6 Å². The molecule has 1 amide bonds. The number of amides is 1. The number of rotatable bonds is 5. The van der Waals surface area contributed by atoms with Crippen molar-refractivity contribution in [3.05, 3.63) is 61.4 Å². The van der Waals surface area contributed by atoms with E-state index in [1.807, 2.05) is 6.92 Å². The molecule has 0 aliphatic heterocycles. The number of nitrogens with zero attached hydrogens (tertiary/aromatic N) is 4. The third-order valence-electron chi connectivity index (χ3n) is 3.31. The van der Waals surface area contributed by atoms with E-state index in [0.29, 0.717) is 12.1 Å². The minimum atomic E-state index is -0.845. The second-order valence-corrected chi connectivity index (χ2v) is 5.75. The Labute approximate surface area is 158 Å². The molecule has 1 aromatic carbocycles. The molecule has 0 fully saturated rings. The van der Waals surface area contributed by atoms with Crippen LogP contribution in [-0.4, -0.2) is 30.8 Å². The number of carbonyl (C=O) groups excluding carboxylic acids is 1. The third-order valence-corrected chi connectivity index (χ3v) is 3.51. The lowest BCUT2D eigenvalue weighted by Gasteiger charge is -2.10. The number of nitro groups is 2. The molecular formula is C15H14N6O5S. The van der Waals surface area contributed by atoms with Gasteiger partial charge in [-0.1, -0.05) is 6.92 Å². The van der Waals surface area contributed by atoms with Gasteiger partial charge in [-0.2, -0.15) is 0 Å². The van der Waals surface area contributed by atoms with Crippen LogP contribution in [0, 0.1) is 27.2 Å². The fraction of sp³-hybridized carbons (Fsp3) is 0.200. The highest BCUT2D eigenvalue weighted by Gasteiger charge is 2.20. The summed E-state index contributed by atoms with van der Waals surface area (Å²) < 4.78 is 0. The molecule has 2 N–H and O–H groups in total. The second-order valence-electron chi connectivity index (χ2n) is 5.34. The highest BCUT2D eigenvalue weighted by Crippen LogP contribution is 2.22. The molecule has 0 aliphatic rings. The normalized spacial score (nSPS) is 10.1. The van der Waals surface area contributed by atoms with Crippen LogP contribution in [0.25, 0.3) is 0 Å². The zero-order chi connectivity index (χ0) is 20.1. The third kappa shape index (κ3) is 5.22. The molecule has 140 valence electrons. The smallest absolute Gasteiger partial charge is 0.277 e. The van der Waals surface area contributed by atoms with Gasteiger partial charge >= 0.3 is 0 Å². The fourth-order valence-electron chi connectivity index (χ4n) is 2.12. The molecule has 0 aliphatic carbocycles. The van der Waals surface area contributed by atoms with Crippen LogP contribution in [0.4, 0.5) is 17.3 Å². The van der Waals surface area contributed by atoms with Gasteiger partial charge in [0.25, 0.3) is 17.3 Å². The summed E-state index contributed by atoms with van der Waals surface area (Å²) in [5.41, 5.74) is 0.0337. The summed E-state index contributed by atoms with van der Waals surface area (Å²) in [6.07, 6.45) is 0.675. The van der Waals surface area contributed by atoms with Gasteiger partial charge in [0.2, 0.25) is 5.95 Å². The zero-order valence-corrected chi connectivity index (χ0v) is 15.1. The molecule has 2 rings (SSSR count). The van der Waals surface area contributed by atoms with Crippen molar-refractivity contribution in [2.75, 3.05) is 5.32 Å². The van der Waals surface area contributed by atoms with Crippen LogP contribution in [0.3, 0.4) is 0 Å². The van der Waals surface area contributed by atoms with Crippen molar-refractivity contribution in [1.82, 2.24) is 15.3 Å². The maximum Gasteiger partial charge on any atom is 0.277 e. The average Bonchev–Trinajstić information content (AvgIpc) is 2.60. The molecule has 0 saturated heterocycles. The number of thiocarbonyl (C=S) groups is 1. The SMILES string of the molecule is CCc1cc(C)nc(NC(=S)NC(=O)c2cc([N+](=O)[O-])cc([N+](=O)[O-])c2)n1. The Bertz CT molecular complexity index is 916. The largest absolute Gasteiger partial charge is 0.301 e. The van der Waals surface area contributed by atoms with E-state index in [1.54, 1.807) is 13.0 Å². The zero-order valence-electron chi connectivity index (χ0n) is 14.3. The summed E-state index contributed by atoms with van der Waals surface area (Å²) in [6, 6.07) is 4.40. The van der Waals surface area contributed by atoms with Gasteiger partial charge in [0.15, 0.2) is 5.11 Å². The highest BCUT2D eigenvalue weighted by atomic mass is 32.1. The number of nitrogens with one attached hydrogen (secondary N) is 2. The number of nitro benzene ring substituents is 2. The lowest BCUT2D eigenvalue weighted by atomic mass is 10.1. The molecular weight excluding hydrogens is 376 g/mol. The average molecular weight is 390 g/mol. The molecule has 0 atom stereocenters. The Balaban J connectivity index is 2.19. The predicted octanol–water partition coefficient (Wildman–Crippen LogP) is 2.29. The van der Waals surface area contributed by atoms with E-state index >= 15 is 0 Å². The van der Waals surface area contributed by atoms with E-state index in [9.17, 15) is 25.0 Å². The van der Waals surface area contributed by atoms with Crippen molar-refractivity contribution in [2.24, 2.45) is 0 Å². The standard InChI is InChI=1S/C15H14N6O5S/c1-3-10-4-8(2)16-14(17-10)19-15(27)18-13(22)9-5-11(20(23)24)7-12(6-9)21(25)26/h4-7H,3H2,1-2H3,(H2,16,17,18,19,22,27). The molecule has 0 spiro atoms. The summed E-state index contributed by atoms with van der Waals surface area (Å²) in [4.78, 5) is 40.8. The lowest BCUT2D eigenvalue weighted by molar-refractivity contribution is -0.394. The van der Waals surface area contributed by atoms with Crippen molar-refractivity contribution in [3.63, 3.8) is 0 Å². The molecule has 1 aromatic heterocycles. The van der Waals surface area contributed by atoms with Gasteiger partial charge in [-0.05, 0) is 31.6 Å². The van der Waals surface area contributed by atoms with Gasteiger partial charge in [-0.15, -0.1) is 0 Å². The van der Waals surface area contributed by atoms with Crippen LogP contribution in [0.15, 0.2) is 24.3 Å². The molecule has 0 saturated carbocycles. The van der Waals surface area contributed by atoms with Crippen LogP contribution in [-0.2, 0) is 6.42 Å². The number of aryl methyl sites for hydroxylation is 2. The summed E-state index contributed by atoms with van der Waals surface area (Å²) in [7, 11) is 0. The molecule has 1 heterocycles. The van der Waals surface area contributed by atoms with Gasteiger partial charge in [0.05, 0.1) is 21.5 Å². The molecule has 0 bridgehead atoms. The maximum atomic E-state index is 12.3. The Morgan fingerprint density at radius 1 is 1.11 bits per heavy atom. The summed E-state index contributed by atoms with van der Waals surface area (Å²) in [5, 5.41) is 26.6. The Hall–Kier alpha value is -3.54. The Morgan fingerprint density at radius 3 is 2.22 bits per heavy atom. The van der Waals surface area contributed by atoms with E-state index in [1.165, 1.54) is 0 Å². The number of hydrogen-bond acceptors (Lipinski definition) is 8. The van der Waals surface area contributed by atoms with Gasteiger partial charge in [0.1, 0.15) is 0 Å².